The number of nitrogen functional groups attached to an aromatic ring is 1. The van der Waals surface area contributed by atoms with Crippen molar-refractivity contribution in [1.29, 1.82) is 0 Å². The Bertz CT molecular complexity index is 452. The molecule has 8 heteroatoms. The fraction of sp³-hybridized carbons (Fsp3) is 0.636. The molecule has 19 heavy (non-hydrogen) atoms. The van der Waals surface area contributed by atoms with Crippen molar-refractivity contribution in [3.8, 4) is 0 Å². The van der Waals surface area contributed by atoms with Crippen molar-refractivity contribution in [1.82, 2.24) is 9.55 Å². The van der Waals surface area contributed by atoms with Gasteiger partial charge in [0, 0.05) is 7.11 Å². The van der Waals surface area contributed by atoms with Crippen molar-refractivity contribution in [2.75, 3.05) is 12.8 Å². The lowest BCUT2D eigenvalue weighted by molar-refractivity contribution is -0.0987. The highest BCUT2D eigenvalue weighted by atomic mass is 19.1. The van der Waals surface area contributed by atoms with Gasteiger partial charge in [-0.05, 0) is 6.92 Å². The minimum Gasteiger partial charge on any atom is -0.386 e. The molecule has 0 aliphatic rings. The summed E-state index contributed by atoms with van der Waals surface area (Å²) < 4.78 is 18.4. The summed E-state index contributed by atoms with van der Waals surface area (Å²) in [5.41, 5.74) is 4.12. The van der Waals surface area contributed by atoms with E-state index in [4.69, 9.17) is 10.5 Å². The summed E-state index contributed by atoms with van der Waals surface area (Å²) >= 11 is 0. The zero-order valence-electron chi connectivity index (χ0n) is 11.4. The molecular formula is C11H20FN3O4. The van der Waals surface area contributed by atoms with Crippen LogP contribution in [-0.4, -0.2) is 39.1 Å². The van der Waals surface area contributed by atoms with E-state index in [0.29, 0.717) is 10.8 Å². The molecule has 7 nitrogen and oxygen atoms in total. The first kappa shape index (κ1) is 17.5. The highest BCUT2D eigenvalue weighted by molar-refractivity contribution is 5.26. The number of aromatic nitrogens is 2. The van der Waals surface area contributed by atoms with Gasteiger partial charge in [0.05, 0.1) is 12.3 Å². The highest BCUT2D eigenvalue weighted by Crippen LogP contribution is 2.12. The third-order valence-electron chi connectivity index (χ3n) is 2.38. The molecule has 0 aromatic carbocycles. The summed E-state index contributed by atoms with van der Waals surface area (Å²) in [5, 5.41) is 19.3. The Morgan fingerprint density at radius 2 is 2.00 bits per heavy atom. The molecule has 0 saturated heterocycles. The van der Waals surface area contributed by atoms with Gasteiger partial charge in [0.25, 0.3) is 0 Å². The van der Waals surface area contributed by atoms with Crippen molar-refractivity contribution in [2.45, 2.75) is 39.2 Å². The molecule has 0 saturated carbocycles. The van der Waals surface area contributed by atoms with Crippen LogP contribution in [0.25, 0.3) is 0 Å². The van der Waals surface area contributed by atoms with E-state index in [2.05, 4.69) is 4.98 Å². The van der Waals surface area contributed by atoms with Gasteiger partial charge in [-0.2, -0.15) is 4.98 Å². The van der Waals surface area contributed by atoms with Crippen LogP contribution >= 0.6 is 0 Å². The van der Waals surface area contributed by atoms with Gasteiger partial charge in [0.2, 0.25) is 0 Å². The Labute approximate surface area is 110 Å². The molecule has 0 spiro atoms. The standard InChI is InChI=1S/C9H14FN3O4.C2H6/c1-4(17-2)6(14)8(15)13-3-5(10)7(11)12-9(13)16;1-2/h3-4,6,8,14-15H,1-2H3,(H2,11,12,16);1-2H3. The Hall–Kier alpha value is -1.51. The highest BCUT2D eigenvalue weighted by Gasteiger charge is 2.26. The molecular weight excluding hydrogens is 257 g/mol. The molecule has 3 unspecified atom stereocenters. The fourth-order valence-corrected chi connectivity index (χ4v) is 1.19. The zero-order valence-corrected chi connectivity index (χ0v) is 11.4. The molecule has 0 aliphatic carbocycles. The van der Waals surface area contributed by atoms with E-state index in [-0.39, 0.29) is 0 Å². The molecule has 1 rings (SSSR count). The van der Waals surface area contributed by atoms with Crippen LogP contribution in [0, 0.1) is 5.82 Å². The molecule has 0 aliphatic heterocycles. The van der Waals surface area contributed by atoms with E-state index in [1.165, 1.54) is 14.0 Å². The van der Waals surface area contributed by atoms with Crippen molar-refractivity contribution >= 4 is 5.82 Å². The second kappa shape index (κ2) is 7.82. The number of aliphatic hydroxyl groups excluding tert-OH is 2. The van der Waals surface area contributed by atoms with E-state index >= 15 is 0 Å². The number of hydrogen-bond acceptors (Lipinski definition) is 6. The van der Waals surface area contributed by atoms with Crippen molar-refractivity contribution in [2.24, 2.45) is 0 Å². The maximum Gasteiger partial charge on any atom is 0.351 e. The SMILES string of the molecule is CC.COC(C)C(O)C(O)n1cc(F)c(N)nc1=O. The Kier molecular flexibility index (Phi) is 7.20. The molecule has 4 N–H and O–H groups in total. The number of anilines is 1. The predicted molar refractivity (Wildman–Crippen MR) is 67.9 cm³/mol. The maximum absolute atomic E-state index is 13.1. The minimum atomic E-state index is -1.67. The Morgan fingerprint density at radius 1 is 1.47 bits per heavy atom. The maximum atomic E-state index is 13.1. The first-order valence-electron chi connectivity index (χ1n) is 5.81. The Balaban J connectivity index is 0.00000154. The van der Waals surface area contributed by atoms with E-state index in [1.807, 2.05) is 13.8 Å². The van der Waals surface area contributed by atoms with Gasteiger partial charge < -0.3 is 20.7 Å². The third kappa shape index (κ3) is 4.27. The number of ether oxygens (including phenoxy) is 1. The van der Waals surface area contributed by atoms with Crippen LogP contribution in [0.3, 0.4) is 0 Å². The Morgan fingerprint density at radius 3 is 2.47 bits per heavy atom. The summed E-state index contributed by atoms with van der Waals surface area (Å²) in [6.07, 6.45) is -3.12. The van der Waals surface area contributed by atoms with E-state index in [0.717, 1.165) is 0 Å². The van der Waals surface area contributed by atoms with Gasteiger partial charge in [0.15, 0.2) is 17.9 Å². The monoisotopic (exact) mass is 277 g/mol. The van der Waals surface area contributed by atoms with Crippen LogP contribution in [0.15, 0.2) is 11.0 Å². The summed E-state index contributed by atoms with van der Waals surface area (Å²) in [6.45, 7) is 5.49. The number of hydrogen-bond donors (Lipinski definition) is 3. The summed E-state index contributed by atoms with van der Waals surface area (Å²) in [4.78, 5) is 14.5. The molecule has 0 amide bonds. The number of halogens is 1. The fourth-order valence-electron chi connectivity index (χ4n) is 1.19. The van der Waals surface area contributed by atoms with Crippen LogP contribution < -0.4 is 11.4 Å². The van der Waals surface area contributed by atoms with Gasteiger partial charge in [-0.15, -0.1) is 0 Å². The molecule has 110 valence electrons. The molecule has 0 radical (unpaired) electrons. The number of rotatable bonds is 4. The van der Waals surface area contributed by atoms with Gasteiger partial charge in [0.1, 0.15) is 6.10 Å². The van der Waals surface area contributed by atoms with Gasteiger partial charge in [-0.25, -0.2) is 9.18 Å². The quantitative estimate of drug-likeness (QED) is 0.707. The van der Waals surface area contributed by atoms with Crippen molar-refractivity contribution in [3.05, 3.63) is 22.5 Å². The largest absolute Gasteiger partial charge is 0.386 e. The molecule has 1 aromatic rings. The second-order valence-electron chi connectivity index (χ2n) is 3.51. The van der Waals surface area contributed by atoms with Crippen LogP contribution in [0.2, 0.25) is 0 Å². The van der Waals surface area contributed by atoms with Gasteiger partial charge >= 0.3 is 5.69 Å². The lowest BCUT2D eigenvalue weighted by Crippen LogP contribution is -2.39. The van der Waals surface area contributed by atoms with Gasteiger partial charge in [-0.3, -0.25) is 4.57 Å². The van der Waals surface area contributed by atoms with Crippen LogP contribution in [0.5, 0.6) is 0 Å². The lowest BCUT2D eigenvalue weighted by Gasteiger charge is -2.23. The second-order valence-corrected chi connectivity index (χ2v) is 3.51. The average Bonchev–Trinajstić information content (AvgIpc) is 2.42. The molecule has 0 bridgehead atoms. The molecule has 1 aromatic heterocycles. The normalized spacial score (nSPS) is 15.1. The van der Waals surface area contributed by atoms with E-state index < -0.39 is 35.8 Å². The summed E-state index contributed by atoms with van der Waals surface area (Å²) in [5.74, 6) is -1.52. The van der Waals surface area contributed by atoms with Crippen LogP contribution in [0.4, 0.5) is 10.2 Å². The number of aliphatic hydroxyl groups is 2. The summed E-state index contributed by atoms with van der Waals surface area (Å²) in [6, 6.07) is 0. The molecule has 1 heterocycles. The third-order valence-corrected chi connectivity index (χ3v) is 2.38. The minimum absolute atomic E-state index is 0.548. The number of methoxy groups -OCH3 is 1. The van der Waals surface area contributed by atoms with Crippen LogP contribution in [-0.2, 0) is 4.74 Å². The average molecular weight is 277 g/mol. The first-order chi connectivity index (χ1) is 8.88. The first-order valence-corrected chi connectivity index (χ1v) is 5.81. The van der Waals surface area contributed by atoms with Crippen LogP contribution in [0.1, 0.15) is 27.0 Å². The van der Waals surface area contributed by atoms with Gasteiger partial charge in [-0.1, -0.05) is 13.8 Å². The van der Waals surface area contributed by atoms with E-state index in [1.54, 1.807) is 0 Å². The predicted octanol–water partition coefficient (Wildman–Crippen LogP) is -0.123. The smallest absolute Gasteiger partial charge is 0.351 e. The number of nitrogens with two attached hydrogens (primary N) is 1. The lowest BCUT2D eigenvalue weighted by atomic mass is 10.2. The van der Waals surface area contributed by atoms with E-state index in [9.17, 15) is 19.4 Å². The van der Waals surface area contributed by atoms with Crippen molar-refractivity contribution < 1.29 is 19.3 Å². The molecule has 0 fully saturated rings. The zero-order chi connectivity index (χ0) is 15.2. The summed E-state index contributed by atoms with van der Waals surface area (Å²) in [7, 11) is 1.32. The number of nitrogens with zero attached hydrogens (tertiary/aromatic N) is 2. The topological polar surface area (TPSA) is 111 Å². The van der Waals surface area contributed by atoms with Crippen molar-refractivity contribution in [3.63, 3.8) is 0 Å². The molecule has 3 atom stereocenters.